The van der Waals surface area contributed by atoms with E-state index < -0.39 is 0 Å². The van der Waals surface area contributed by atoms with Gasteiger partial charge in [-0.25, -0.2) is 0 Å². The first-order chi connectivity index (χ1) is 4.88. The van der Waals surface area contributed by atoms with Gasteiger partial charge in [0.25, 0.3) is 0 Å². The molecule has 0 aromatic rings. The molecule has 0 aliphatic rings. The molecule has 0 aliphatic heterocycles. The molecule has 0 saturated heterocycles. The van der Waals surface area contributed by atoms with Gasteiger partial charge in [0, 0.05) is 0 Å². The van der Waals surface area contributed by atoms with Crippen LogP contribution >= 0.6 is 11.8 Å². The fraction of sp³-hybridized carbons (Fsp3) is 0.600. The highest BCUT2D eigenvalue weighted by molar-refractivity contribution is 8.02. The Labute approximate surface area is 74.8 Å². The van der Waals surface area contributed by atoms with E-state index in [1.807, 2.05) is 0 Å². The second-order valence-corrected chi connectivity index (χ2v) is 4.79. The second kappa shape index (κ2) is 4.01. The van der Waals surface area contributed by atoms with Crippen molar-refractivity contribution in [2.24, 2.45) is 5.41 Å². The molecule has 0 spiro atoms. The van der Waals surface area contributed by atoms with E-state index in [1.165, 1.54) is 10.5 Å². The van der Waals surface area contributed by atoms with Gasteiger partial charge < -0.3 is 0 Å². The molecule has 0 aromatic carbocycles. The number of rotatable bonds is 2. The summed E-state index contributed by atoms with van der Waals surface area (Å²) in [6.45, 7) is 12.7. The maximum atomic E-state index is 4.02. The van der Waals surface area contributed by atoms with Crippen molar-refractivity contribution in [1.82, 2.24) is 0 Å². The Kier molecular flexibility index (Phi) is 3.95. The van der Waals surface area contributed by atoms with E-state index in [4.69, 9.17) is 0 Å². The molecule has 0 fully saturated rings. The molecular weight excluding hydrogens is 152 g/mol. The fourth-order valence-electron chi connectivity index (χ4n) is 0.521. The molecule has 0 heterocycles. The van der Waals surface area contributed by atoms with Crippen molar-refractivity contribution in [3.05, 3.63) is 23.1 Å². The molecule has 0 radical (unpaired) electrons. The standard InChI is InChI=1S/C10H18S/c1-8(10(3,4)5)7-9(2)11-6/h7H,1H2,2-6H3/b9-7+. The van der Waals surface area contributed by atoms with Crippen molar-refractivity contribution in [3.63, 3.8) is 0 Å². The molecule has 11 heavy (non-hydrogen) atoms. The molecule has 0 aliphatic carbocycles. The lowest BCUT2D eigenvalue weighted by molar-refractivity contribution is 0.519. The van der Waals surface area contributed by atoms with Crippen LogP contribution in [0.25, 0.3) is 0 Å². The zero-order chi connectivity index (χ0) is 9.07. The largest absolute Gasteiger partial charge is 0.134 e. The van der Waals surface area contributed by atoms with Crippen LogP contribution in [0.3, 0.4) is 0 Å². The Hall–Kier alpha value is -0.170. The molecule has 0 saturated carbocycles. The highest BCUT2D eigenvalue weighted by Crippen LogP contribution is 2.26. The van der Waals surface area contributed by atoms with E-state index in [9.17, 15) is 0 Å². The summed E-state index contributed by atoms with van der Waals surface area (Å²) in [6.07, 6.45) is 4.24. The third kappa shape index (κ3) is 4.31. The molecule has 0 nitrogen and oxygen atoms in total. The van der Waals surface area contributed by atoms with Gasteiger partial charge in [-0.1, -0.05) is 27.4 Å². The molecule has 0 rings (SSSR count). The molecule has 1 heteroatoms. The minimum absolute atomic E-state index is 0.205. The maximum Gasteiger partial charge on any atom is -0.0137 e. The van der Waals surface area contributed by atoms with Crippen LogP contribution in [-0.2, 0) is 0 Å². The summed E-state index contributed by atoms with van der Waals surface area (Å²) < 4.78 is 0. The van der Waals surface area contributed by atoms with Crippen LogP contribution in [0.1, 0.15) is 27.7 Å². The summed E-state index contributed by atoms with van der Waals surface area (Å²) in [7, 11) is 0. The SMILES string of the molecule is C=C(/C=C(\C)SC)C(C)(C)C. The van der Waals surface area contributed by atoms with Crippen LogP contribution in [-0.4, -0.2) is 6.26 Å². The summed E-state index contributed by atoms with van der Waals surface area (Å²) >= 11 is 1.77. The highest BCUT2D eigenvalue weighted by Gasteiger charge is 2.12. The summed E-state index contributed by atoms with van der Waals surface area (Å²) in [6, 6.07) is 0. The van der Waals surface area contributed by atoms with Crippen molar-refractivity contribution in [1.29, 1.82) is 0 Å². The fourth-order valence-corrected chi connectivity index (χ4v) is 0.781. The van der Waals surface area contributed by atoms with E-state index in [2.05, 4.69) is 46.6 Å². The third-order valence-electron chi connectivity index (χ3n) is 1.66. The van der Waals surface area contributed by atoms with Gasteiger partial charge in [-0.3, -0.25) is 0 Å². The summed E-state index contributed by atoms with van der Waals surface area (Å²) in [5.74, 6) is 0. The molecule has 0 unspecified atom stereocenters. The number of hydrogen-bond acceptors (Lipinski definition) is 1. The lowest BCUT2D eigenvalue weighted by Crippen LogP contribution is -2.06. The van der Waals surface area contributed by atoms with Crippen molar-refractivity contribution >= 4 is 11.8 Å². The van der Waals surface area contributed by atoms with Gasteiger partial charge >= 0.3 is 0 Å². The Morgan fingerprint density at radius 3 is 2.09 bits per heavy atom. The first-order valence-corrected chi connectivity index (χ1v) is 5.02. The first-order valence-electron chi connectivity index (χ1n) is 3.79. The Bertz CT molecular complexity index is 170. The average Bonchev–Trinajstić information content (AvgIpc) is 1.85. The molecule has 64 valence electrons. The topological polar surface area (TPSA) is 0 Å². The lowest BCUT2D eigenvalue weighted by atomic mass is 9.87. The Morgan fingerprint density at radius 1 is 1.36 bits per heavy atom. The zero-order valence-electron chi connectivity index (χ0n) is 8.19. The number of allylic oxidation sites excluding steroid dienone is 3. The van der Waals surface area contributed by atoms with Crippen LogP contribution in [0.15, 0.2) is 23.1 Å². The predicted octanol–water partition coefficient (Wildman–Crippen LogP) is 3.86. The normalized spacial score (nSPS) is 13.4. The number of hydrogen-bond donors (Lipinski definition) is 0. The van der Waals surface area contributed by atoms with Gasteiger partial charge in [0.05, 0.1) is 0 Å². The van der Waals surface area contributed by atoms with Crippen molar-refractivity contribution < 1.29 is 0 Å². The third-order valence-corrected chi connectivity index (χ3v) is 2.42. The van der Waals surface area contributed by atoms with Crippen LogP contribution in [0, 0.1) is 5.41 Å². The predicted molar refractivity (Wildman–Crippen MR) is 55.9 cm³/mol. The molecule has 0 bridgehead atoms. The summed E-state index contributed by atoms with van der Waals surface area (Å²) in [4.78, 5) is 1.32. The highest BCUT2D eigenvalue weighted by atomic mass is 32.2. The monoisotopic (exact) mass is 170 g/mol. The van der Waals surface area contributed by atoms with E-state index in [1.54, 1.807) is 11.8 Å². The van der Waals surface area contributed by atoms with Crippen LogP contribution < -0.4 is 0 Å². The quantitative estimate of drug-likeness (QED) is 0.567. The molecular formula is C10H18S. The molecule has 0 N–H and O–H groups in total. The summed E-state index contributed by atoms with van der Waals surface area (Å²) in [5, 5.41) is 0. The minimum atomic E-state index is 0.205. The van der Waals surface area contributed by atoms with Gasteiger partial charge in [0.1, 0.15) is 0 Å². The molecule has 0 aromatic heterocycles. The van der Waals surface area contributed by atoms with Crippen molar-refractivity contribution in [2.75, 3.05) is 6.26 Å². The van der Waals surface area contributed by atoms with Crippen LogP contribution in [0.4, 0.5) is 0 Å². The Morgan fingerprint density at radius 2 is 1.82 bits per heavy atom. The smallest absolute Gasteiger partial charge is 0.0137 e. The second-order valence-electron chi connectivity index (χ2n) is 3.73. The van der Waals surface area contributed by atoms with E-state index >= 15 is 0 Å². The number of thioether (sulfide) groups is 1. The van der Waals surface area contributed by atoms with Gasteiger partial charge in [0.15, 0.2) is 0 Å². The Balaban J connectivity index is 4.30. The van der Waals surface area contributed by atoms with Crippen LogP contribution in [0.5, 0.6) is 0 Å². The first kappa shape index (κ1) is 10.8. The van der Waals surface area contributed by atoms with Crippen molar-refractivity contribution in [3.8, 4) is 0 Å². The molecule has 0 atom stereocenters. The van der Waals surface area contributed by atoms with Gasteiger partial charge in [-0.05, 0) is 35.1 Å². The van der Waals surface area contributed by atoms with Gasteiger partial charge in [-0.2, -0.15) is 0 Å². The van der Waals surface area contributed by atoms with Crippen molar-refractivity contribution in [2.45, 2.75) is 27.7 Å². The van der Waals surface area contributed by atoms with Crippen LogP contribution in [0.2, 0.25) is 0 Å². The molecule has 0 amide bonds. The van der Waals surface area contributed by atoms with Gasteiger partial charge in [0.2, 0.25) is 0 Å². The average molecular weight is 170 g/mol. The summed E-state index contributed by atoms with van der Waals surface area (Å²) in [5.41, 5.74) is 1.40. The van der Waals surface area contributed by atoms with E-state index in [-0.39, 0.29) is 5.41 Å². The van der Waals surface area contributed by atoms with E-state index in [0.717, 1.165) is 0 Å². The van der Waals surface area contributed by atoms with Gasteiger partial charge in [-0.15, -0.1) is 11.8 Å². The van der Waals surface area contributed by atoms with E-state index in [0.29, 0.717) is 0 Å². The maximum absolute atomic E-state index is 4.02. The lowest BCUT2D eigenvalue weighted by Gasteiger charge is -2.19. The zero-order valence-corrected chi connectivity index (χ0v) is 9.01. The minimum Gasteiger partial charge on any atom is -0.134 e.